The molecule has 1 aliphatic rings. The van der Waals surface area contributed by atoms with Crippen LogP contribution >= 0.6 is 23.2 Å². The maximum atomic E-state index is 11.4. The van der Waals surface area contributed by atoms with Crippen LogP contribution in [0.3, 0.4) is 0 Å². The van der Waals surface area contributed by atoms with Gasteiger partial charge >= 0.3 is 0 Å². The quantitative estimate of drug-likeness (QED) is 0.696. The van der Waals surface area contributed by atoms with Crippen LogP contribution in [0.25, 0.3) is 0 Å². The third-order valence-corrected chi connectivity index (χ3v) is 3.67. The largest absolute Gasteiger partial charge is 0.382 e. The van der Waals surface area contributed by atoms with Crippen LogP contribution in [0.1, 0.15) is 13.8 Å². The van der Waals surface area contributed by atoms with Crippen molar-refractivity contribution in [1.29, 1.82) is 0 Å². The number of Topliss-reactive ketones (excluding diaryl/α,β-unsaturated/α-hetero) is 2. The Kier molecular flexibility index (Phi) is 3.97. The molecule has 2 N–H and O–H groups in total. The summed E-state index contributed by atoms with van der Waals surface area (Å²) >= 11 is 11.4. The van der Waals surface area contributed by atoms with Crippen LogP contribution in [-0.4, -0.2) is 50.5 Å². The van der Waals surface area contributed by atoms with Crippen molar-refractivity contribution in [3.63, 3.8) is 0 Å². The molecule has 5 atom stereocenters. The summed E-state index contributed by atoms with van der Waals surface area (Å²) in [5.41, 5.74) is -3.30. The highest BCUT2D eigenvalue weighted by molar-refractivity contribution is 6.31. The van der Waals surface area contributed by atoms with Gasteiger partial charge in [0.2, 0.25) is 0 Å². The van der Waals surface area contributed by atoms with Crippen LogP contribution in [0.15, 0.2) is 0 Å². The lowest BCUT2D eigenvalue weighted by atomic mass is 9.87. The zero-order chi connectivity index (χ0) is 12.7. The molecule has 1 fully saturated rings. The molecule has 1 aliphatic heterocycles. The highest BCUT2D eigenvalue weighted by Gasteiger charge is 2.60. The Morgan fingerprint density at radius 1 is 1.38 bits per heavy atom. The monoisotopic (exact) mass is 270 g/mol. The molecule has 92 valence electrons. The van der Waals surface area contributed by atoms with Gasteiger partial charge in [0.15, 0.2) is 22.7 Å². The van der Waals surface area contributed by atoms with E-state index in [2.05, 4.69) is 0 Å². The number of ether oxygens (including phenoxy) is 1. The first-order valence-corrected chi connectivity index (χ1v) is 5.45. The highest BCUT2D eigenvalue weighted by Crippen LogP contribution is 2.39. The first kappa shape index (κ1) is 13.9. The van der Waals surface area contributed by atoms with Crippen LogP contribution in [0.5, 0.6) is 0 Å². The fraction of sp³-hybridized carbons (Fsp3) is 0.778. The molecule has 0 amide bonds. The molecular weight excluding hydrogens is 259 g/mol. The number of hydrogen-bond acceptors (Lipinski definition) is 5. The fourth-order valence-corrected chi connectivity index (χ4v) is 2.23. The predicted octanol–water partition coefficient (Wildman–Crippen LogP) is -0.173. The first-order valence-electron chi connectivity index (χ1n) is 4.58. The molecule has 1 unspecified atom stereocenters. The lowest BCUT2D eigenvalue weighted by molar-refractivity contribution is -0.155. The maximum Gasteiger partial charge on any atom is 0.171 e. The van der Waals surface area contributed by atoms with Crippen molar-refractivity contribution in [3.05, 3.63) is 0 Å². The molecule has 1 rings (SSSR count). The minimum atomic E-state index is -2.15. The van der Waals surface area contributed by atoms with Gasteiger partial charge in [-0.15, -0.1) is 11.6 Å². The molecule has 0 saturated carbocycles. The first-order chi connectivity index (χ1) is 7.22. The van der Waals surface area contributed by atoms with Gasteiger partial charge in [0.1, 0.15) is 17.6 Å². The van der Waals surface area contributed by atoms with E-state index in [0.29, 0.717) is 0 Å². The number of aliphatic hydroxyl groups is 2. The molecule has 1 saturated heterocycles. The molecule has 0 aromatic rings. The van der Waals surface area contributed by atoms with E-state index in [1.54, 1.807) is 0 Å². The SMILES string of the molecule is CC(=O)C(O)[C@H]1O[C@H](Cl)[C@@H](Cl)[C@@]1(O)C(C)=O. The molecule has 7 heteroatoms. The topological polar surface area (TPSA) is 83.8 Å². The zero-order valence-electron chi connectivity index (χ0n) is 8.68. The Morgan fingerprint density at radius 3 is 2.25 bits per heavy atom. The van der Waals surface area contributed by atoms with Gasteiger partial charge < -0.3 is 14.9 Å². The van der Waals surface area contributed by atoms with Crippen LogP contribution in [0.4, 0.5) is 0 Å². The van der Waals surface area contributed by atoms with Gasteiger partial charge in [-0.2, -0.15) is 0 Å². The molecule has 5 nitrogen and oxygen atoms in total. The molecule has 0 aromatic heterocycles. The van der Waals surface area contributed by atoms with Crippen molar-refractivity contribution in [2.24, 2.45) is 0 Å². The number of alkyl halides is 2. The molecule has 0 radical (unpaired) electrons. The van der Waals surface area contributed by atoms with Gasteiger partial charge in [-0.25, -0.2) is 0 Å². The second kappa shape index (κ2) is 4.58. The van der Waals surface area contributed by atoms with Crippen molar-refractivity contribution < 1.29 is 24.5 Å². The van der Waals surface area contributed by atoms with Gasteiger partial charge in [-0.05, 0) is 13.8 Å². The van der Waals surface area contributed by atoms with Crippen LogP contribution in [-0.2, 0) is 14.3 Å². The average Bonchev–Trinajstić information content (AvgIpc) is 2.42. The Labute approximate surface area is 102 Å². The summed E-state index contributed by atoms with van der Waals surface area (Å²) in [5.74, 6) is -1.35. The van der Waals surface area contributed by atoms with Crippen LogP contribution in [0, 0.1) is 0 Å². The number of carbonyl (C=O) groups excluding carboxylic acids is 2. The normalized spacial score (nSPS) is 40.8. The number of halogens is 2. The second-order valence-electron chi connectivity index (χ2n) is 3.75. The van der Waals surface area contributed by atoms with Crippen molar-refractivity contribution in [1.82, 2.24) is 0 Å². The standard InChI is InChI=1S/C9H12Cl2O5/c1-3(12)5(14)7-9(15,4(2)13)6(10)8(11)16-7/h5-8,14-15H,1-2H3/t5?,6-,7-,8+,9+/m1/s1. The number of carbonyl (C=O) groups is 2. The minimum Gasteiger partial charge on any atom is -0.382 e. The van der Waals surface area contributed by atoms with Gasteiger partial charge in [-0.3, -0.25) is 9.59 Å². The number of hydrogen-bond donors (Lipinski definition) is 2. The van der Waals surface area contributed by atoms with Gasteiger partial charge in [0, 0.05) is 0 Å². The molecule has 0 aliphatic carbocycles. The summed E-state index contributed by atoms with van der Waals surface area (Å²) < 4.78 is 4.97. The van der Waals surface area contributed by atoms with Crippen molar-refractivity contribution in [3.8, 4) is 0 Å². The second-order valence-corrected chi connectivity index (χ2v) is 4.65. The van der Waals surface area contributed by atoms with E-state index >= 15 is 0 Å². The molecule has 16 heavy (non-hydrogen) atoms. The summed E-state index contributed by atoms with van der Waals surface area (Å²) in [6.45, 7) is 2.20. The van der Waals surface area contributed by atoms with Crippen molar-refractivity contribution in [2.45, 2.75) is 42.6 Å². The summed E-state index contributed by atoms with van der Waals surface area (Å²) in [5, 5.41) is 18.4. The summed E-state index contributed by atoms with van der Waals surface area (Å²) in [6.07, 6.45) is -3.08. The smallest absolute Gasteiger partial charge is 0.171 e. The van der Waals surface area contributed by atoms with E-state index in [9.17, 15) is 19.8 Å². The lowest BCUT2D eigenvalue weighted by Gasteiger charge is -2.29. The number of rotatable bonds is 3. The van der Waals surface area contributed by atoms with Gasteiger partial charge in [0.25, 0.3) is 0 Å². The summed E-state index contributed by atoms with van der Waals surface area (Å²) in [4.78, 5) is 22.4. The zero-order valence-corrected chi connectivity index (χ0v) is 10.2. The Hall–Kier alpha value is -0.200. The maximum absolute atomic E-state index is 11.4. The Balaban J connectivity index is 3.09. The molecule has 0 aromatic carbocycles. The van der Waals surface area contributed by atoms with Gasteiger partial charge in [0.05, 0.1) is 0 Å². The summed E-state index contributed by atoms with van der Waals surface area (Å²) in [7, 11) is 0. The lowest BCUT2D eigenvalue weighted by Crippen LogP contribution is -2.56. The summed E-state index contributed by atoms with van der Waals surface area (Å²) in [6, 6.07) is 0. The van der Waals surface area contributed by atoms with E-state index in [1.807, 2.05) is 0 Å². The average molecular weight is 271 g/mol. The molecular formula is C9H12Cl2O5. The van der Waals surface area contributed by atoms with E-state index in [1.165, 1.54) is 0 Å². The van der Waals surface area contributed by atoms with E-state index < -0.39 is 40.3 Å². The Bertz CT molecular complexity index is 321. The number of aliphatic hydroxyl groups excluding tert-OH is 1. The third kappa shape index (κ3) is 1.98. The number of ketones is 2. The van der Waals surface area contributed by atoms with E-state index in [0.717, 1.165) is 13.8 Å². The highest BCUT2D eigenvalue weighted by atomic mass is 35.5. The van der Waals surface area contributed by atoms with Crippen LogP contribution in [0.2, 0.25) is 0 Å². The van der Waals surface area contributed by atoms with Crippen LogP contribution < -0.4 is 0 Å². The van der Waals surface area contributed by atoms with Crippen molar-refractivity contribution in [2.75, 3.05) is 0 Å². The molecule has 0 spiro atoms. The molecule has 1 heterocycles. The predicted molar refractivity (Wildman–Crippen MR) is 56.5 cm³/mol. The van der Waals surface area contributed by atoms with E-state index in [-0.39, 0.29) is 0 Å². The van der Waals surface area contributed by atoms with Crippen molar-refractivity contribution >= 4 is 34.8 Å². The van der Waals surface area contributed by atoms with E-state index in [4.69, 9.17) is 27.9 Å². The molecule has 0 bridgehead atoms. The third-order valence-electron chi connectivity index (χ3n) is 2.63. The minimum absolute atomic E-state index is 0.640. The fourth-order valence-electron chi connectivity index (χ4n) is 1.59. The Morgan fingerprint density at radius 2 is 1.88 bits per heavy atom. The van der Waals surface area contributed by atoms with Gasteiger partial charge in [-0.1, -0.05) is 11.6 Å².